The van der Waals surface area contributed by atoms with Crippen LogP contribution in [-0.2, 0) is 0 Å². The predicted octanol–water partition coefficient (Wildman–Crippen LogP) is 3.77. The third-order valence-electron chi connectivity index (χ3n) is 3.05. The molecule has 1 nitrogen and oxygen atoms in total. The van der Waals surface area contributed by atoms with Crippen molar-refractivity contribution in [2.45, 2.75) is 13.8 Å². The van der Waals surface area contributed by atoms with Crippen LogP contribution in [0.2, 0.25) is 0 Å². The molecule has 0 spiro atoms. The summed E-state index contributed by atoms with van der Waals surface area (Å²) < 4.78 is -1.76. The molecule has 0 heterocycles. The molecule has 0 aromatic heterocycles. The molecule has 1 rings (SSSR count). The first-order valence-electron chi connectivity index (χ1n) is 5.88. The Balaban J connectivity index is 2.96. The molecule has 0 bridgehead atoms. The van der Waals surface area contributed by atoms with Gasteiger partial charge in [-0.3, -0.25) is 0 Å². The van der Waals surface area contributed by atoms with E-state index in [-0.39, 0.29) is 0 Å². The summed E-state index contributed by atoms with van der Waals surface area (Å²) in [5.41, 5.74) is 0. The second kappa shape index (κ2) is 5.32. The molecule has 0 amide bonds. The average Bonchev–Trinajstić information content (AvgIpc) is 2.27. The van der Waals surface area contributed by atoms with Gasteiger partial charge in [-0.25, -0.2) is 0 Å². The number of rotatable bonds is 5. The van der Waals surface area contributed by atoms with Crippen molar-refractivity contribution in [2.75, 3.05) is 32.7 Å². The fourth-order valence-electron chi connectivity index (χ4n) is 1.97. The molecular weight excluding hydrogens is 328 g/mol. The summed E-state index contributed by atoms with van der Waals surface area (Å²) >= 11 is 2.73. The van der Waals surface area contributed by atoms with E-state index >= 15 is 0 Å². The minimum absolute atomic E-state index is 1.14. The fourth-order valence-corrected chi connectivity index (χ4v) is 7.03. The van der Waals surface area contributed by atoms with Crippen LogP contribution in [0.1, 0.15) is 13.8 Å². The van der Waals surface area contributed by atoms with Gasteiger partial charge in [0.15, 0.2) is 0 Å². The van der Waals surface area contributed by atoms with Gasteiger partial charge in [-0.15, -0.1) is 0 Å². The van der Waals surface area contributed by atoms with Crippen molar-refractivity contribution in [2.24, 2.45) is 0 Å². The second-order valence-corrected chi connectivity index (χ2v) is 19.5. The molecule has 92 valence electrons. The predicted molar refractivity (Wildman–Crippen MR) is 86.7 cm³/mol. The van der Waals surface area contributed by atoms with Crippen molar-refractivity contribution in [1.29, 1.82) is 0 Å². The van der Waals surface area contributed by atoms with Crippen LogP contribution in [0.3, 0.4) is 0 Å². The Morgan fingerprint density at radius 1 is 1.06 bits per heavy atom. The molecule has 0 unspecified atom stereocenters. The number of halogens is 1. The molecule has 0 fully saturated rings. The average molecular weight is 351 g/mol. The van der Waals surface area contributed by atoms with E-state index in [4.69, 9.17) is 0 Å². The van der Waals surface area contributed by atoms with Gasteiger partial charge >= 0.3 is 113 Å². The second-order valence-electron chi connectivity index (χ2n) is 5.01. The molecule has 0 saturated carbocycles. The number of hydrogen-bond donors (Lipinski definition) is 0. The molecule has 0 N–H and O–H groups in total. The Kier molecular flexibility index (Phi) is 4.79. The minimum atomic E-state index is -1.76. The fraction of sp³-hybridized carbons (Fsp3) is 0.538. The van der Waals surface area contributed by atoms with Gasteiger partial charge < -0.3 is 0 Å². The van der Waals surface area contributed by atoms with E-state index in [1.807, 2.05) is 0 Å². The first-order chi connectivity index (χ1) is 7.37. The van der Waals surface area contributed by atoms with E-state index in [2.05, 4.69) is 84.4 Å². The summed E-state index contributed by atoms with van der Waals surface area (Å²) in [5, 5.41) is 1.53. The summed E-state index contributed by atoms with van der Waals surface area (Å²) in [6.45, 7) is 11.7. The normalized spacial score (nSPS) is 14.8. The number of nitrogens with zero attached hydrogens (tertiary/aromatic N) is 1. The Labute approximate surface area is 113 Å². The quantitative estimate of drug-likeness (QED) is 0.577. The van der Waals surface area contributed by atoms with Crippen LogP contribution in [0.5, 0.6) is 0 Å². The monoisotopic (exact) mass is 351 g/mol. The van der Waals surface area contributed by atoms with Crippen molar-refractivity contribution in [3.8, 4) is 0 Å². The molecular formula is C13H23INP. The topological polar surface area (TPSA) is 3.24 Å². The molecule has 0 aliphatic carbocycles. The summed E-state index contributed by atoms with van der Waals surface area (Å²) in [6, 6.07) is 11.0. The zero-order chi connectivity index (χ0) is 12.3. The molecule has 1 aromatic carbocycles. The van der Waals surface area contributed by atoms with Gasteiger partial charge in [-0.05, 0) is 0 Å². The van der Waals surface area contributed by atoms with Crippen molar-refractivity contribution < 1.29 is 0 Å². The number of hydrogen-bond acceptors (Lipinski definition) is 1. The Morgan fingerprint density at radius 2 is 1.56 bits per heavy atom. The van der Waals surface area contributed by atoms with E-state index in [9.17, 15) is 0 Å². The molecule has 3 heteroatoms. The van der Waals surface area contributed by atoms with Gasteiger partial charge in [0.2, 0.25) is 0 Å². The molecule has 0 atom stereocenters. The molecule has 0 radical (unpaired) electrons. The molecule has 1 aromatic rings. The van der Waals surface area contributed by atoms with Gasteiger partial charge in [0, 0.05) is 0 Å². The first kappa shape index (κ1) is 14.4. The van der Waals surface area contributed by atoms with Gasteiger partial charge in [0.05, 0.1) is 0 Å². The molecule has 0 saturated heterocycles. The Bertz CT molecular complexity index is 325. The van der Waals surface area contributed by atoms with Crippen LogP contribution in [0.15, 0.2) is 30.3 Å². The maximum atomic E-state index is 2.73. The maximum absolute atomic E-state index is 2.73. The Hall–Kier alpha value is 0.340. The van der Waals surface area contributed by atoms with Gasteiger partial charge in [-0.2, -0.15) is 0 Å². The van der Waals surface area contributed by atoms with Crippen molar-refractivity contribution in [1.82, 2.24) is 4.90 Å². The zero-order valence-corrected chi connectivity index (χ0v) is 13.8. The summed E-state index contributed by atoms with van der Waals surface area (Å²) in [4.78, 5) is 2.54. The van der Waals surface area contributed by atoms with Crippen molar-refractivity contribution in [3.63, 3.8) is 0 Å². The zero-order valence-electron chi connectivity index (χ0n) is 10.8. The van der Waals surface area contributed by atoms with Crippen LogP contribution >= 0.6 is 26.3 Å². The van der Waals surface area contributed by atoms with Crippen molar-refractivity contribution >= 4 is 31.6 Å². The van der Waals surface area contributed by atoms with E-state index in [1.165, 1.54) is 11.6 Å². The van der Waals surface area contributed by atoms with Gasteiger partial charge in [-0.1, -0.05) is 0 Å². The first-order valence-corrected chi connectivity index (χ1v) is 12.0. The third kappa shape index (κ3) is 3.68. The van der Waals surface area contributed by atoms with Crippen LogP contribution in [0.25, 0.3) is 0 Å². The summed E-state index contributed by atoms with van der Waals surface area (Å²) in [5.74, 6) is 0. The summed E-state index contributed by atoms with van der Waals surface area (Å²) in [7, 11) is 0. The standard InChI is InChI=1S/C13H23INP/c1-5-15(6-2)12-16(3,4,14)13-10-8-7-9-11-13/h7-11H,5-6,12H2,1-4H3. The van der Waals surface area contributed by atoms with Crippen molar-refractivity contribution in [3.05, 3.63) is 30.3 Å². The van der Waals surface area contributed by atoms with E-state index in [1.54, 1.807) is 0 Å². The van der Waals surface area contributed by atoms with Crippen LogP contribution in [-0.4, -0.2) is 37.6 Å². The van der Waals surface area contributed by atoms with Crippen LogP contribution < -0.4 is 5.30 Å². The molecule has 16 heavy (non-hydrogen) atoms. The van der Waals surface area contributed by atoms with E-state index in [0.29, 0.717) is 0 Å². The van der Waals surface area contributed by atoms with Crippen LogP contribution in [0.4, 0.5) is 0 Å². The molecule has 0 aliphatic heterocycles. The van der Waals surface area contributed by atoms with E-state index < -0.39 is 4.25 Å². The number of benzene rings is 1. The van der Waals surface area contributed by atoms with Gasteiger partial charge in [0.25, 0.3) is 0 Å². The third-order valence-corrected chi connectivity index (χ3v) is 8.75. The molecule has 0 aliphatic rings. The summed E-state index contributed by atoms with van der Waals surface area (Å²) in [6.07, 6.45) is 1.21. The van der Waals surface area contributed by atoms with Gasteiger partial charge in [0.1, 0.15) is 0 Å². The van der Waals surface area contributed by atoms with E-state index in [0.717, 1.165) is 13.1 Å². The Morgan fingerprint density at radius 3 is 2.00 bits per heavy atom. The van der Waals surface area contributed by atoms with Crippen LogP contribution in [0, 0.1) is 0 Å². The SMILES string of the molecule is CCN(CC)CP(C)(C)(I)c1ccccc1.